The van der Waals surface area contributed by atoms with Crippen LogP contribution in [0, 0.1) is 12.3 Å². The number of aryl methyl sites for hydroxylation is 1. The number of nitrogens with one attached hydrogen (secondary N) is 2. The van der Waals surface area contributed by atoms with Gasteiger partial charge in [-0.1, -0.05) is 23.7 Å². The Bertz CT molecular complexity index is 893. The second kappa shape index (κ2) is 8.22. The summed E-state index contributed by atoms with van der Waals surface area (Å²) in [5.41, 5.74) is 0.717. The van der Waals surface area contributed by atoms with Gasteiger partial charge >= 0.3 is 5.97 Å². The second-order valence-electron chi connectivity index (χ2n) is 6.57. The van der Waals surface area contributed by atoms with E-state index in [1.165, 1.54) is 27.0 Å². The number of benzene rings is 2. The third-order valence-corrected chi connectivity index (χ3v) is 4.51. The van der Waals surface area contributed by atoms with E-state index in [0.29, 0.717) is 22.0 Å². The lowest BCUT2D eigenvalue weighted by atomic mass is 9.90. The predicted octanol–water partition coefficient (Wildman–Crippen LogP) is 4.04. The van der Waals surface area contributed by atoms with Crippen LogP contribution < -0.4 is 10.6 Å². The molecule has 7 heteroatoms. The van der Waals surface area contributed by atoms with Crippen LogP contribution in [0.1, 0.15) is 29.8 Å². The molecule has 0 saturated carbocycles. The van der Waals surface area contributed by atoms with Gasteiger partial charge in [0.1, 0.15) is 5.41 Å². The molecule has 0 fully saturated rings. The minimum atomic E-state index is -1.36. The Morgan fingerprint density at radius 3 is 2.11 bits per heavy atom. The van der Waals surface area contributed by atoms with Crippen molar-refractivity contribution in [1.82, 2.24) is 0 Å². The van der Waals surface area contributed by atoms with E-state index in [4.69, 9.17) is 11.6 Å². The molecule has 2 amide bonds. The number of anilines is 2. The Morgan fingerprint density at radius 2 is 1.56 bits per heavy atom. The van der Waals surface area contributed by atoms with Crippen molar-refractivity contribution < 1.29 is 19.1 Å². The third-order valence-electron chi connectivity index (χ3n) is 4.11. The maximum absolute atomic E-state index is 12.6. The van der Waals surface area contributed by atoms with E-state index < -0.39 is 23.2 Å². The number of methoxy groups -OCH3 is 1. The van der Waals surface area contributed by atoms with Gasteiger partial charge in [0, 0.05) is 16.4 Å². The maximum atomic E-state index is 12.6. The summed E-state index contributed by atoms with van der Waals surface area (Å²) >= 11 is 6.07. The molecule has 27 heavy (non-hydrogen) atoms. The van der Waals surface area contributed by atoms with Crippen molar-refractivity contribution in [3.05, 3.63) is 58.6 Å². The second-order valence-corrected chi connectivity index (χ2v) is 6.98. The zero-order valence-electron chi connectivity index (χ0n) is 15.6. The van der Waals surface area contributed by atoms with Gasteiger partial charge in [0.05, 0.1) is 12.7 Å². The van der Waals surface area contributed by atoms with E-state index >= 15 is 0 Å². The molecule has 0 aliphatic rings. The molecule has 0 aromatic heterocycles. The van der Waals surface area contributed by atoms with Crippen molar-refractivity contribution in [1.29, 1.82) is 0 Å². The summed E-state index contributed by atoms with van der Waals surface area (Å²) in [7, 11) is 1.28. The van der Waals surface area contributed by atoms with Crippen LogP contribution >= 0.6 is 11.6 Å². The lowest BCUT2D eigenvalue weighted by molar-refractivity contribution is -0.135. The number of amides is 2. The van der Waals surface area contributed by atoms with Gasteiger partial charge in [0.15, 0.2) is 0 Å². The van der Waals surface area contributed by atoms with Gasteiger partial charge in [0.25, 0.3) is 0 Å². The highest BCUT2D eigenvalue weighted by molar-refractivity contribution is 6.31. The first-order valence-corrected chi connectivity index (χ1v) is 8.60. The molecule has 0 heterocycles. The highest BCUT2D eigenvalue weighted by Crippen LogP contribution is 2.24. The fourth-order valence-corrected chi connectivity index (χ4v) is 2.37. The molecule has 2 aromatic rings. The molecule has 0 saturated heterocycles. The monoisotopic (exact) mass is 388 g/mol. The Morgan fingerprint density at radius 1 is 0.963 bits per heavy atom. The topological polar surface area (TPSA) is 84.5 Å². The van der Waals surface area contributed by atoms with Crippen molar-refractivity contribution in [3.63, 3.8) is 0 Å². The molecule has 142 valence electrons. The number of carbonyl (C=O) groups excluding carboxylic acids is 3. The minimum Gasteiger partial charge on any atom is -0.465 e. The van der Waals surface area contributed by atoms with E-state index in [-0.39, 0.29) is 0 Å². The fraction of sp³-hybridized carbons (Fsp3) is 0.250. The predicted molar refractivity (Wildman–Crippen MR) is 105 cm³/mol. The smallest absolute Gasteiger partial charge is 0.337 e. The van der Waals surface area contributed by atoms with E-state index in [2.05, 4.69) is 15.4 Å². The summed E-state index contributed by atoms with van der Waals surface area (Å²) in [5, 5.41) is 5.88. The summed E-state index contributed by atoms with van der Waals surface area (Å²) in [6, 6.07) is 11.4. The van der Waals surface area contributed by atoms with Crippen LogP contribution in [0.5, 0.6) is 0 Å². The average Bonchev–Trinajstić information content (AvgIpc) is 2.64. The molecule has 0 radical (unpaired) electrons. The van der Waals surface area contributed by atoms with Crippen LogP contribution in [-0.4, -0.2) is 24.9 Å². The van der Waals surface area contributed by atoms with E-state index in [0.717, 1.165) is 5.56 Å². The molecule has 2 N–H and O–H groups in total. The van der Waals surface area contributed by atoms with Crippen LogP contribution in [0.2, 0.25) is 5.02 Å². The highest BCUT2D eigenvalue weighted by Gasteiger charge is 2.36. The Balaban J connectivity index is 2.12. The van der Waals surface area contributed by atoms with Crippen molar-refractivity contribution in [2.24, 2.45) is 5.41 Å². The summed E-state index contributed by atoms with van der Waals surface area (Å²) < 4.78 is 4.66. The van der Waals surface area contributed by atoms with Gasteiger partial charge in [-0.15, -0.1) is 0 Å². The van der Waals surface area contributed by atoms with Crippen LogP contribution in [0.25, 0.3) is 0 Å². The minimum absolute atomic E-state index is 0.298. The molecule has 0 aliphatic carbocycles. The lowest BCUT2D eigenvalue weighted by Crippen LogP contribution is -2.41. The van der Waals surface area contributed by atoms with E-state index in [1.54, 1.807) is 36.4 Å². The summed E-state index contributed by atoms with van der Waals surface area (Å²) in [5.74, 6) is -1.51. The first-order valence-electron chi connectivity index (χ1n) is 8.22. The van der Waals surface area contributed by atoms with E-state index in [1.807, 2.05) is 6.92 Å². The van der Waals surface area contributed by atoms with Crippen molar-refractivity contribution in [2.45, 2.75) is 20.8 Å². The van der Waals surface area contributed by atoms with Crippen molar-refractivity contribution in [3.8, 4) is 0 Å². The normalized spacial score (nSPS) is 10.9. The number of ether oxygens (including phenoxy) is 1. The first-order chi connectivity index (χ1) is 12.6. The molecule has 6 nitrogen and oxygen atoms in total. The Hall–Kier alpha value is -2.86. The standard InChI is InChI=1S/C20H21ClN2O4/c1-12-8-9-15(11-16(12)21)23-19(26)20(2,3)18(25)22-14-7-5-6-13(10-14)17(24)27-4/h5-11H,1-4H3,(H,22,25)(H,23,26). The number of hydrogen-bond donors (Lipinski definition) is 2. The van der Waals surface area contributed by atoms with Gasteiger partial charge in [-0.25, -0.2) is 4.79 Å². The molecule has 2 aromatic carbocycles. The Kier molecular flexibility index (Phi) is 6.23. The van der Waals surface area contributed by atoms with Crippen LogP contribution in [0.4, 0.5) is 11.4 Å². The summed E-state index contributed by atoms with van der Waals surface area (Å²) in [6.07, 6.45) is 0. The van der Waals surface area contributed by atoms with E-state index in [9.17, 15) is 14.4 Å². The Labute approximate surface area is 162 Å². The molecule has 0 spiro atoms. The number of halogens is 1. The maximum Gasteiger partial charge on any atom is 0.337 e. The highest BCUT2D eigenvalue weighted by atomic mass is 35.5. The van der Waals surface area contributed by atoms with Crippen LogP contribution in [0.15, 0.2) is 42.5 Å². The summed E-state index contributed by atoms with van der Waals surface area (Å²) in [6.45, 7) is 4.88. The molecule has 0 bridgehead atoms. The van der Waals surface area contributed by atoms with Crippen molar-refractivity contribution >= 4 is 40.8 Å². The number of hydrogen-bond acceptors (Lipinski definition) is 4. The largest absolute Gasteiger partial charge is 0.465 e. The van der Waals surface area contributed by atoms with Gasteiger partial charge in [-0.2, -0.15) is 0 Å². The molecular weight excluding hydrogens is 368 g/mol. The number of esters is 1. The summed E-state index contributed by atoms with van der Waals surface area (Å²) in [4.78, 5) is 36.8. The van der Waals surface area contributed by atoms with Crippen molar-refractivity contribution in [2.75, 3.05) is 17.7 Å². The molecule has 0 unspecified atom stereocenters. The number of carbonyl (C=O) groups is 3. The van der Waals surface area contributed by atoms with Gasteiger partial charge < -0.3 is 15.4 Å². The van der Waals surface area contributed by atoms with Gasteiger partial charge in [-0.05, 0) is 56.7 Å². The first kappa shape index (κ1) is 20.5. The zero-order valence-corrected chi connectivity index (χ0v) is 16.3. The lowest BCUT2D eigenvalue weighted by Gasteiger charge is -2.23. The number of rotatable bonds is 5. The van der Waals surface area contributed by atoms with Crippen LogP contribution in [-0.2, 0) is 14.3 Å². The quantitative estimate of drug-likeness (QED) is 0.598. The van der Waals surface area contributed by atoms with Crippen LogP contribution in [0.3, 0.4) is 0 Å². The van der Waals surface area contributed by atoms with Gasteiger partial charge in [0.2, 0.25) is 11.8 Å². The molecule has 2 rings (SSSR count). The fourth-order valence-electron chi connectivity index (χ4n) is 2.19. The van der Waals surface area contributed by atoms with Gasteiger partial charge in [-0.3, -0.25) is 9.59 Å². The molecule has 0 atom stereocenters. The molecule has 0 aliphatic heterocycles. The SMILES string of the molecule is COC(=O)c1cccc(NC(=O)C(C)(C)C(=O)Nc2ccc(C)c(Cl)c2)c1. The third kappa shape index (κ3) is 4.86. The zero-order chi connectivity index (χ0) is 20.2. The molecular formula is C20H21ClN2O4. The average molecular weight is 389 g/mol.